The summed E-state index contributed by atoms with van der Waals surface area (Å²) in [6.07, 6.45) is 3.43. The Bertz CT molecular complexity index is 1900. The van der Waals surface area contributed by atoms with Gasteiger partial charge in [0, 0.05) is 44.1 Å². The molecule has 2 aromatic carbocycles. The molecule has 0 saturated carbocycles. The molecule has 45 heavy (non-hydrogen) atoms. The zero-order chi connectivity index (χ0) is 32.2. The lowest BCUT2D eigenvalue weighted by molar-refractivity contribution is 0.0716. The molecule has 0 bridgehead atoms. The summed E-state index contributed by atoms with van der Waals surface area (Å²) >= 11 is 12.9. The van der Waals surface area contributed by atoms with Crippen LogP contribution in [0.25, 0.3) is 22.2 Å². The Balaban J connectivity index is 1.33. The number of amides is 2. The molecule has 15 heteroatoms. The van der Waals surface area contributed by atoms with Crippen LogP contribution < -0.4 is 5.32 Å². The molecule has 2 saturated heterocycles. The van der Waals surface area contributed by atoms with E-state index in [4.69, 9.17) is 28.3 Å². The third-order valence-electron chi connectivity index (χ3n) is 8.92. The first-order valence-electron chi connectivity index (χ1n) is 14.4. The van der Waals surface area contributed by atoms with Crippen molar-refractivity contribution >= 4 is 61.8 Å². The second-order valence-corrected chi connectivity index (χ2v) is 14.4. The number of likely N-dealkylation sites (tertiary alicyclic amines) is 1. The number of aromatic nitrogens is 3. The number of carboxylic acid groups (broad SMARTS) is 1. The van der Waals surface area contributed by atoms with Crippen molar-refractivity contribution in [1.82, 2.24) is 23.7 Å². The number of fused-ring (bicyclic) bond motifs is 1. The molecule has 0 radical (unpaired) electrons. The second kappa shape index (κ2) is 11.9. The smallest absolute Gasteiger partial charge is 0.409 e. The Morgan fingerprint density at radius 3 is 2.42 bits per heavy atom. The van der Waals surface area contributed by atoms with Crippen molar-refractivity contribution in [1.29, 1.82) is 0 Å². The topological polar surface area (TPSA) is 141 Å². The summed E-state index contributed by atoms with van der Waals surface area (Å²) in [5.41, 5.74) is 2.00. The fourth-order valence-corrected chi connectivity index (χ4v) is 8.09. The number of benzene rings is 2. The molecule has 2 fully saturated rings. The number of rotatable bonds is 6. The van der Waals surface area contributed by atoms with Crippen LogP contribution >= 0.6 is 23.2 Å². The minimum Gasteiger partial charge on any atom is -0.465 e. The maximum Gasteiger partial charge on any atom is 0.409 e. The molecule has 238 valence electrons. The van der Waals surface area contributed by atoms with E-state index in [1.165, 1.54) is 16.6 Å². The van der Waals surface area contributed by atoms with Gasteiger partial charge in [-0.05, 0) is 55.4 Å². The van der Waals surface area contributed by atoms with Crippen molar-refractivity contribution in [2.75, 3.05) is 31.2 Å². The number of aromatic amines is 1. The first-order valence-corrected chi connectivity index (χ1v) is 17.0. The first kappa shape index (κ1) is 31.3. The number of nitrogens with zero attached hydrogens (tertiary/aromatic N) is 4. The highest BCUT2D eigenvalue weighted by atomic mass is 35.5. The Hall–Kier alpha value is -3.65. The average molecular weight is 678 g/mol. The number of anilines is 1. The van der Waals surface area contributed by atoms with Crippen molar-refractivity contribution < 1.29 is 27.5 Å². The number of H-pyrrole nitrogens is 1. The minimum absolute atomic E-state index is 0.0152. The van der Waals surface area contributed by atoms with Gasteiger partial charge in [0.15, 0.2) is 5.15 Å². The molecule has 0 unspecified atom stereocenters. The van der Waals surface area contributed by atoms with E-state index in [1.54, 1.807) is 53.0 Å². The largest absolute Gasteiger partial charge is 0.465 e. The molecular weight excluding hydrogens is 646 g/mol. The SMILES string of the molecule is Cn1cc(Cl)c2c(F)c(C(=O)N3C[C@@H](C4CCN(S(C)(=O)=O)CC4)C[C@H]3c3nc(Cl)c(-c4ccc(NC(=O)O)cc4)[nH]3)ccc21. The monoisotopic (exact) mass is 676 g/mol. The molecule has 2 aromatic heterocycles. The van der Waals surface area contributed by atoms with Crippen molar-refractivity contribution in [3.05, 3.63) is 70.0 Å². The van der Waals surface area contributed by atoms with Crippen LogP contribution in [0.5, 0.6) is 0 Å². The van der Waals surface area contributed by atoms with Crippen LogP contribution in [0, 0.1) is 17.7 Å². The van der Waals surface area contributed by atoms with E-state index in [2.05, 4.69) is 15.3 Å². The lowest BCUT2D eigenvalue weighted by atomic mass is 9.83. The number of imidazole rings is 1. The van der Waals surface area contributed by atoms with Crippen LogP contribution in [0.15, 0.2) is 42.6 Å². The summed E-state index contributed by atoms with van der Waals surface area (Å²) in [6, 6.07) is 9.16. The summed E-state index contributed by atoms with van der Waals surface area (Å²) in [4.78, 5) is 34.6. The third-order valence-corrected chi connectivity index (χ3v) is 10.8. The zero-order valence-corrected chi connectivity index (χ0v) is 26.8. The highest BCUT2D eigenvalue weighted by molar-refractivity contribution is 7.88. The van der Waals surface area contributed by atoms with Crippen molar-refractivity contribution in [2.45, 2.75) is 25.3 Å². The van der Waals surface area contributed by atoms with Crippen LogP contribution in [0.2, 0.25) is 10.2 Å². The molecule has 2 atom stereocenters. The lowest BCUT2D eigenvalue weighted by Crippen LogP contribution is -2.40. The van der Waals surface area contributed by atoms with E-state index in [-0.39, 0.29) is 33.0 Å². The van der Waals surface area contributed by atoms with Gasteiger partial charge in [-0.15, -0.1) is 0 Å². The molecule has 11 nitrogen and oxygen atoms in total. The van der Waals surface area contributed by atoms with E-state index in [0.29, 0.717) is 67.2 Å². The predicted molar refractivity (Wildman–Crippen MR) is 170 cm³/mol. The second-order valence-electron chi connectivity index (χ2n) is 11.7. The van der Waals surface area contributed by atoms with Crippen LogP contribution in [0.3, 0.4) is 0 Å². The van der Waals surface area contributed by atoms with Crippen LogP contribution in [0.4, 0.5) is 14.9 Å². The number of hydrogen-bond acceptors (Lipinski definition) is 5. The van der Waals surface area contributed by atoms with Gasteiger partial charge in [-0.3, -0.25) is 10.1 Å². The molecule has 2 aliphatic rings. The number of halogens is 3. The van der Waals surface area contributed by atoms with E-state index in [1.807, 2.05) is 0 Å². The van der Waals surface area contributed by atoms with E-state index >= 15 is 4.39 Å². The summed E-state index contributed by atoms with van der Waals surface area (Å²) in [5.74, 6) is -0.597. The molecule has 3 N–H and O–H groups in total. The average Bonchev–Trinajstić information content (AvgIpc) is 3.68. The Labute approximate surface area is 269 Å². The van der Waals surface area contributed by atoms with Gasteiger partial charge in [0.2, 0.25) is 10.0 Å². The standard InChI is InChI=1S/C30H31Cl2FN6O5S/c1-37-15-21(31)24-22(37)8-7-20(25(24)33)29(40)39-14-18(16-9-11-38(12-10-16)45(2,43)44)13-23(39)28-35-26(27(32)36-28)17-3-5-19(6-4-17)34-30(41)42/h3-8,15-16,18,23,34H,9-14H2,1-2H3,(H,35,36)(H,41,42)/t18-,23-/m0/s1. The number of hydrogen-bond donors (Lipinski definition) is 3. The lowest BCUT2D eigenvalue weighted by Gasteiger charge is -2.33. The van der Waals surface area contributed by atoms with Crippen molar-refractivity contribution in [2.24, 2.45) is 18.9 Å². The number of carbonyl (C=O) groups is 2. The first-order chi connectivity index (χ1) is 21.3. The molecule has 2 amide bonds. The number of nitrogens with one attached hydrogen (secondary N) is 2. The van der Waals surface area contributed by atoms with Gasteiger partial charge in [0.1, 0.15) is 11.6 Å². The molecule has 2 aliphatic heterocycles. The van der Waals surface area contributed by atoms with Crippen LogP contribution in [0.1, 0.15) is 41.5 Å². The van der Waals surface area contributed by atoms with Gasteiger partial charge in [-0.25, -0.2) is 26.9 Å². The van der Waals surface area contributed by atoms with Crippen molar-refractivity contribution in [3.8, 4) is 11.3 Å². The molecule has 6 rings (SSSR count). The summed E-state index contributed by atoms with van der Waals surface area (Å²) in [6.45, 7) is 1.13. The quantitative estimate of drug-likeness (QED) is 0.230. The number of sulfonamides is 1. The summed E-state index contributed by atoms with van der Waals surface area (Å²) in [5, 5.41) is 11.8. The molecule has 4 heterocycles. The maximum atomic E-state index is 15.9. The molecule has 4 aromatic rings. The van der Waals surface area contributed by atoms with Gasteiger partial charge in [-0.1, -0.05) is 35.3 Å². The van der Waals surface area contributed by atoms with Crippen molar-refractivity contribution in [3.63, 3.8) is 0 Å². The minimum atomic E-state index is -3.30. The van der Waals surface area contributed by atoms with Crippen LogP contribution in [-0.4, -0.2) is 75.2 Å². The molecule has 0 spiro atoms. The molecule has 0 aliphatic carbocycles. The fraction of sp³-hybridized carbons (Fsp3) is 0.367. The maximum absolute atomic E-state index is 15.9. The van der Waals surface area contributed by atoms with Gasteiger partial charge < -0.3 is 19.6 Å². The van der Waals surface area contributed by atoms with Gasteiger partial charge in [-0.2, -0.15) is 0 Å². The summed E-state index contributed by atoms with van der Waals surface area (Å²) < 4.78 is 43.2. The zero-order valence-electron chi connectivity index (χ0n) is 24.4. The van der Waals surface area contributed by atoms with Gasteiger partial charge in [0.25, 0.3) is 5.91 Å². The fourth-order valence-electron chi connectivity index (χ4n) is 6.65. The normalized spacial score (nSPS) is 19.8. The number of aryl methyl sites for hydroxylation is 1. The van der Waals surface area contributed by atoms with Crippen LogP contribution in [-0.2, 0) is 17.1 Å². The van der Waals surface area contributed by atoms with E-state index < -0.39 is 33.9 Å². The summed E-state index contributed by atoms with van der Waals surface area (Å²) in [7, 11) is -1.55. The Morgan fingerprint density at radius 2 is 1.78 bits per heavy atom. The Kier molecular flexibility index (Phi) is 8.31. The number of piperidine rings is 1. The number of carbonyl (C=O) groups excluding carboxylic acids is 1. The van der Waals surface area contributed by atoms with E-state index in [0.717, 1.165) is 0 Å². The van der Waals surface area contributed by atoms with Gasteiger partial charge in [0.05, 0.1) is 39.5 Å². The third kappa shape index (κ3) is 6.01. The van der Waals surface area contributed by atoms with E-state index in [9.17, 15) is 18.0 Å². The Morgan fingerprint density at radius 1 is 1.09 bits per heavy atom. The molecular formula is C30H31Cl2FN6O5S. The highest BCUT2D eigenvalue weighted by Crippen LogP contribution is 2.43. The predicted octanol–water partition coefficient (Wildman–Crippen LogP) is 5.98. The highest BCUT2D eigenvalue weighted by Gasteiger charge is 2.43. The van der Waals surface area contributed by atoms with Gasteiger partial charge >= 0.3 is 6.09 Å².